The Hall–Kier alpha value is -1.21. The molecule has 0 fully saturated rings. The summed E-state index contributed by atoms with van der Waals surface area (Å²) < 4.78 is 0. The Balaban J connectivity index is 2.75. The Morgan fingerprint density at radius 3 is 2.93 bits per heavy atom. The molecule has 1 atom stereocenters. The van der Waals surface area contributed by atoms with Crippen LogP contribution in [-0.4, -0.2) is 23.0 Å². The van der Waals surface area contributed by atoms with Crippen molar-refractivity contribution >= 4 is 17.6 Å². The maximum absolute atomic E-state index is 8.84. The number of thioether (sulfide) groups is 1. The van der Waals surface area contributed by atoms with E-state index in [-0.39, 0.29) is 0 Å². The Labute approximate surface area is 94.9 Å². The number of anilines is 1. The number of nitrogens with zero attached hydrogens (tertiary/aromatic N) is 2. The molecule has 1 unspecified atom stereocenters. The summed E-state index contributed by atoms with van der Waals surface area (Å²) in [6.45, 7) is 3.99. The molecule has 0 saturated carbocycles. The van der Waals surface area contributed by atoms with Crippen molar-refractivity contribution in [3.8, 4) is 6.07 Å². The number of pyridine rings is 1. The lowest BCUT2D eigenvalue weighted by molar-refractivity contribution is 0.901. The molecule has 0 spiro atoms. The van der Waals surface area contributed by atoms with Crippen molar-refractivity contribution < 1.29 is 0 Å². The molecule has 0 saturated heterocycles. The minimum Gasteiger partial charge on any atom is -0.367 e. The fraction of sp³-hybridized carbons (Fsp3) is 0.455. The van der Waals surface area contributed by atoms with Crippen LogP contribution in [0.4, 0.5) is 5.82 Å². The molecule has 0 amide bonds. The average Bonchev–Trinajstić information content (AvgIpc) is 2.21. The number of hydrogen-bond acceptors (Lipinski definition) is 4. The molecule has 0 radical (unpaired) electrons. The first-order valence-corrected chi connectivity index (χ1v) is 6.20. The van der Waals surface area contributed by atoms with E-state index >= 15 is 0 Å². The van der Waals surface area contributed by atoms with E-state index in [4.69, 9.17) is 5.26 Å². The van der Waals surface area contributed by atoms with Gasteiger partial charge in [0, 0.05) is 11.8 Å². The molecule has 4 heteroatoms. The van der Waals surface area contributed by atoms with Gasteiger partial charge in [-0.2, -0.15) is 17.0 Å². The third kappa shape index (κ3) is 3.45. The summed E-state index contributed by atoms with van der Waals surface area (Å²) in [5.74, 6) is 1.80. The highest BCUT2D eigenvalue weighted by Crippen LogP contribution is 2.11. The van der Waals surface area contributed by atoms with Gasteiger partial charge < -0.3 is 5.32 Å². The molecule has 1 N–H and O–H groups in total. The van der Waals surface area contributed by atoms with E-state index in [0.717, 1.165) is 17.1 Å². The van der Waals surface area contributed by atoms with Crippen molar-refractivity contribution in [1.82, 2.24) is 4.98 Å². The summed E-state index contributed by atoms with van der Waals surface area (Å²) in [4.78, 5) is 4.23. The van der Waals surface area contributed by atoms with Gasteiger partial charge in [-0.3, -0.25) is 0 Å². The number of nitrogens with one attached hydrogen (secondary N) is 1. The van der Waals surface area contributed by atoms with Gasteiger partial charge >= 0.3 is 0 Å². The monoisotopic (exact) mass is 221 g/mol. The first-order valence-electron chi connectivity index (χ1n) is 4.80. The van der Waals surface area contributed by atoms with Gasteiger partial charge in [-0.15, -0.1) is 0 Å². The Bertz CT molecular complexity index is 371. The average molecular weight is 221 g/mol. The zero-order valence-corrected chi connectivity index (χ0v) is 10.1. The van der Waals surface area contributed by atoms with E-state index in [9.17, 15) is 0 Å². The summed E-state index contributed by atoms with van der Waals surface area (Å²) in [5, 5.41) is 12.1. The molecule has 0 bridgehead atoms. The van der Waals surface area contributed by atoms with Crippen LogP contribution in [0.15, 0.2) is 12.1 Å². The maximum atomic E-state index is 8.84. The topological polar surface area (TPSA) is 48.7 Å². The first kappa shape index (κ1) is 11.9. The number of aromatic nitrogens is 1. The van der Waals surface area contributed by atoms with Crippen molar-refractivity contribution in [2.45, 2.75) is 19.9 Å². The molecule has 1 rings (SSSR count). The molecular weight excluding hydrogens is 206 g/mol. The molecule has 80 valence electrons. The number of aryl methyl sites for hydroxylation is 1. The summed E-state index contributed by atoms with van der Waals surface area (Å²) in [6.07, 6.45) is 2.07. The van der Waals surface area contributed by atoms with Crippen LogP contribution < -0.4 is 5.32 Å². The molecule has 1 aromatic rings. The highest BCUT2D eigenvalue weighted by Gasteiger charge is 2.04. The van der Waals surface area contributed by atoms with E-state index in [1.54, 1.807) is 11.8 Å². The van der Waals surface area contributed by atoms with Gasteiger partial charge in [-0.25, -0.2) is 4.98 Å². The second-order valence-electron chi connectivity index (χ2n) is 3.47. The lowest BCUT2D eigenvalue weighted by Crippen LogP contribution is -2.18. The van der Waals surface area contributed by atoms with Crippen LogP contribution in [0, 0.1) is 18.3 Å². The zero-order valence-electron chi connectivity index (χ0n) is 9.24. The minimum absolute atomic E-state index is 0.363. The summed E-state index contributed by atoms with van der Waals surface area (Å²) in [5.41, 5.74) is 1.41. The summed E-state index contributed by atoms with van der Waals surface area (Å²) >= 11 is 1.79. The Kier molecular flexibility index (Phi) is 4.44. The van der Waals surface area contributed by atoms with Crippen LogP contribution >= 0.6 is 11.8 Å². The van der Waals surface area contributed by atoms with Crippen LogP contribution in [-0.2, 0) is 0 Å². The molecule has 15 heavy (non-hydrogen) atoms. The largest absolute Gasteiger partial charge is 0.367 e. The number of hydrogen-bond donors (Lipinski definition) is 1. The van der Waals surface area contributed by atoms with Gasteiger partial charge in [-0.05, 0) is 31.7 Å². The van der Waals surface area contributed by atoms with Crippen LogP contribution in [0.2, 0.25) is 0 Å². The SMILES string of the molecule is CSCC(C)Nc1ccc(C)c(C#N)n1. The third-order valence-electron chi connectivity index (χ3n) is 2.01. The van der Waals surface area contributed by atoms with Crippen molar-refractivity contribution in [3.05, 3.63) is 23.4 Å². The molecule has 0 aliphatic heterocycles. The first-order chi connectivity index (χ1) is 7.17. The zero-order chi connectivity index (χ0) is 11.3. The van der Waals surface area contributed by atoms with Gasteiger partial charge in [0.05, 0.1) is 0 Å². The summed E-state index contributed by atoms with van der Waals surface area (Å²) in [7, 11) is 0. The van der Waals surface area contributed by atoms with Crippen molar-refractivity contribution in [3.63, 3.8) is 0 Å². The fourth-order valence-corrected chi connectivity index (χ4v) is 1.85. The van der Waals surface area contributed by atoms with Gasteiger partial charge in [0.25, 0.3) is 0 Å². The highest BCUT2D eigenvalue weighted by atomic mass is 32.2. The van der Waals surface area contributed by atoms with Crippen LogP contribution in [0.5, 0.6) is 0 Å². The lowest BCUT2D eigenvalue weighted by atomic mass is 10.2. The van der Waals surface area contributed by atoms with Crippen LogP contribution in [0.25, 0.3) is 0 Å². The third-order valence-corrected chi connectivity index (χ3v) is 2.85. The van der Waals surface area contributed by atoms with Gasteiger partial charge in [0.15, 0.2) is 0 Å². The molecule has 1 heterocycles. The molecular formula is C11H15N3S. The second kappa shape index (κ2) is 5.62. The van der Waals surface area contributed by atoms with Crippen molar-refractivity contribution in [2.75, 3.05) is 17.3 Å². The van der Waals surface area contributed by atoms with Crippen LogP contribution in [0.3, 0.4) is 0 Å². The maximum Gasteiger partial charge on any atom is 0.145 e. The lowest BCUT2D eigenvalue weighted by Gasteiger charge is -2.13. The summed E-state index contributed by atoms with van der Waals surface area (Å²) in [6, 6.07) is 6.27. The Morgan fingerprint density at radius 1 is 1.60 bits per heavy atom. The standard InChI is InChI=1S/C11H15N3S/c1-8-4-5-11(14-10(8)6-12)13-9(2)7-15-3/h4-5,9H,7H2,1-3H3,(H,13,14). The molecule has 0 aliphatic carbocycles. The molecule has 3 nitrogen and oxygen atoms in total. The predicted octanol–water partition coefficient (Wildman–Crippen LogP) is 2.43. The van der Waals surface area contributed by atoms with E-state index in [1.807, 2.05) is 19.1 Å². The smallest absolute Gasteiger partial charge is 0.145 e. The van der Waals surface area contributed by atoms with E-state index in [0.29, 0.717) is 11.7 Å². The van der Waals surface area contributed by atoms with Gasteiger partial charge in [0.2, 0.25) is 0 Å². The van der Waals surface area contributed by atoms with Crippen LogP contribution in [0.1, 0.15) is 18.2 Å². The molecule has 0 aliphatic rings. The Morgan fingerprint density at radius 2 is 2.33 bits per heavy atom. The molecule has 1 aromatic heterocycles. The number of rotatable bonds is 4. The van der Waals surface area contributed by atoms with E-state index < -0.39 is 0 Å². The minimum atomic E-state index is 0.363. The van der Waals surface area contributed by atoms with E-state index in [1.165, 1.54) is 0 Å². The number of nitriles is 1. The van der Waals surface area contributed by atoms with E-state index in [2.05, 4.69) is 29.5 Å². The quantitative estimate of drug-likeness (QED) is 0.848. The van der Waals surface area contributed by atoms with Gasteiger partial charge in [-0.1, -0.05) is 6.07 Å². The van der Waals surface area contributed by atoms with Gasteiger partial charge in [0.1, 0.15) is 17.6 Å². The predicted molar refractivity (Wildman–Crippen MR) is 65.2 cm³/mol. The highest BCUT2D eigenvalue weighted by molar-refractivity contribution is 7.98. The normalized spacial score (nSPS) is 11.9. The van der Waals surface area contributed by atoms with Crippen molar-refractivity contribution in [1.29, 1.82) is 5.26 Å². The second-order valence-corrected chi connectivity index (χ2v) is 4.39. The fourth-order valence-electron chi connectivity index (χ4n) is 1.27. The van der Waals surface area contributed by atoms with Crippen molar-refractivity contribution in [2.24, 2.45) is 0 Å². The molecule has 0 aromatic carbocycles.